The highest BCUT2D eigenvalue weighted by Crippen LogP contribution is 2.50. The molecule has 1 amide bonds. The van der Waals surface area contributed by atoms with Crippen LogP contribution < -0.4 is 0 Å². The van der Waals surface area contributed by atoms with E-state index in [4.69, 9.17) is 4.52 Å². The molecule has 1 saturated heterocycles. The molecule has 110 valence electrons. The van der Waals surface area contributed by atoms with Gasteiger partial charge in [0.2, 0.25) is 5.91 Å². The number of hydrogen-bond acceptors (Lipinski definition) is 4. The zero-order valence-corrected chi connectivity index (χ0v) is 12.7. The molecule has 1 aliphatic heterocycles. The van der Waals surface area contributed by atoms with Crippen LogP contribution >= 0.6 is 11.3 Å². The van der Waals surface area contributed by atoms with E-state index in [1.54, 1.807) is 11.3 Å². The van der Waals surface area contributed by atoms with E-state index >= 15 is 0 Å². The Labute approximate surface area is 127 Å². The molecular formula is C16H18N2O2S. The zero-order valence-electron chi connectivity index (χ0n) is 11.9. The van der Waals surface area contributed by atoms with Crippen molar-refractivity contribution in [1.82, 2.24) is 10.1 Å². The molecule has 1 aliphatic carbocycles. The molecule has 5 heteroatoms. The van der Waals surface area contributed by atoms with Crippen LogP contribution in [0.2, 0.25) is 0 Å². The van der Waals surface area contributed by atoms with E-state index in [-0.39, 0.29) is 5.91 Å². The van der Waals surface area contributed by atoms with Gasteiger partial charge in [0.15, 0.2) is 5.76 Å². The maximum atomic E-state index is 12.8. The summed E-state index contributed by atoms with van der Waals surface area (Å²) in [6.07, 6.45) is 5.29. The largest absolute Gasteiger partial charge is 0.355 e. The summed E-state index contributed by atoms with van der Waals surface area (Å²) in [7, 11) is 0. The smallest absolute Gasteiger partial charge is 0.234 e. The van der Waals surface area contributed by atoms with Gasteiger partial charge in [-0.15, -0.1) is 11.3 Å². The van der Waals surface area contributed by atoms with E-state index in [1.807, 2.05) is 28.5 Å². The molecule has 4 nitrogen and oxygen atoms in total. The third kappa shape index (κ3) is 2.20. The lowest BCUT2D eigenvalue weighted by Crippen LogP contribution is -2.42. The third-order valence-electron chi connectivity index (χ3n) is 4.57. The lowest BCUT2D eigenvalue weighted by atomic mass is 9.98. The van der Waals surface area contributed by atoms with Crippen LogP contribution in [0.15, 0.2) is 28.1 Å². The first-order valence-electron chi connectivity index (χ1n) is 7.60. The Hall–Kier alpha value is -1.62. The number of carbonyl (C=O) groups excluding carboxylic acids is 1. The summed E-state index contributed by atoms with van der Waals surface area (Å²) in [5.41, 5.74) is 0.428. The van der Waals surface area contributed by atoms with Gasteiger partial charge < -0.3 is 9.42 Å². The Morgan fingerprint density at radius 3 is 2.76 bits per heavy atom. The Morgan fingerprint density at radius 2 is 2.10 bits per heavy atom. The predicted molar refractivity (Wildman–Crippen MR) is 81.2 cm³/mol. The Bertz CT molecular complexity index is 637. The van der Waals surface area contributed by atoms with Crippen LogP contribution in [0.1, 0.15) is 37.8 Å². The summed E-state index contributed by atoms with van der Waals surface area (Å²) in [4.78, 5) is 15.9. The summed E-state index contributed by atoms with van der Waals surface area (Å²) in [6.45, 7) is 1.80. The van der Waals surface area contributed by atoms with Gasteiger partial charge in [-0.1, -0.05) is 11.2 Å². The number of likely N-dealkylation sites (tertiary alicyclic amines) is 1. The molecule has 0 atom stereocenters. The summed E-state index contributed by atoms with van der Waals surface area (Å²) in [5, 5.41) is 6.22. The Morgan fingerprint density at radius 1 is 1.29 bits per heavy atom. The second-order valence-electron chi connectivity index (χ2n) is 5.99. The van der Waals surface area contributed by atoms with Crippen molar-refractivity contribution in [2.24, 2.45) is 0 Å². The van der Waals surface area contributed by atoms with Gasteiger partial charge in [0, 0.05) is 19.2 Å². The fraction of sp³-hybridized carbons (Fsp3) is 0.500. The minimum absolute atomic E-state index is 0.258. The maximum absolute atomic E-state index is 12.8. The lowest BCUT2D eigenvalue weighted by molar-refractivity contribution is -0.135. The molecule has 2 aromatic rings. The molecule has 0 bridgehead atoms. The second kappa shape index (κ2) is 4.98. The SMILES string of the molecule is O=C(N1CCCCC1)C1(c2cc(-c3cccs3)on2)CC1. The van der Waals surface area contributed by atoms with Crippen molar-refractivity contribution in [2.75, 3.05) is 13.1 Å². The number of piperidine rings is 1. The molecule has 0 spiro atoms. The van der Waals surface area contributed by atoms with Crippen LogP contribution in [0.5, 0.6) is 0 Å². The van der Waals surface area contributed by atoms with Crippen molar-refractivity contribution in [2.45, 2.75) is 37.5 Å². The van der Waals surface area contributed by atoms with Crippen LogP contribution in [0.4, 0.5) is 0 Å². The monoisotopic (exact) mass is 302 g/mol. The Kier molecular flexibility index (Phi) is 3.10. The molecule has 2 aliphatic rings. The van der Waals surface area contributed by atoms with E-state index in [2.05, 4.69) is 5.16 Å². The average molecular weight is 302 g/mol. The standard InChI is InChI=1S/C16H18N2O2S/c19-15(18-8-2-1-3-9-18)16(6-7-16)14-11-12(20-17-14)13-5-4-10-21-13/h4-5,10-11H,1-3,6-9H2. The summed E-state index contributed by atoms with van der Waals surface area (Å²) in [5.74, 6) is 1.03. The first-order valence-corrected chi connectivity index (χ1v) is 8.48. The number of carbonyl (C=O) groups is 1. The lowest BCUT2D eigenvalue weighted by Gasteiger charge is -2.29. The number of nitrogens with zero attached hydrogens (tertiary/aromatic N) is 2. The van der Waals surface area contributed by atoms with Gasteiger partial charge >= 0.3 is 0 Å². The van der Waals surface area contributed by atoms with Gasteiger partial charge in [0.1, 0.15) is 0 Å². The molecule has 4 rings (SSSR count). The first-order chi connectivity index (χ1) is 10.3. The van der Waals surface area contributed by atoms with Crippen molar-refractivity contribution in [3.05, 3.63) is 29.3 Å². The fourth-order valence-corrected chi connectivity index (χ4v) is 3.81. The first kappa shape index (κ1) is 13.1. The van der Waals surface area contributed by atoms with E-state index in [0.717, 1.165) is 55.1 Å². The van der Waals surface area contributed by atoms with E-state index in [0.29, 0.717) is 0 Å². The van der Waals surface area contributed by atoms with Crippen molar-refractivity contribution in [1.29, 1.82) is 0 Å². The maximum Gasteiger partial charge on any atom is 0.234 e. The Balaban J connectivity index is 1.59. The van der Waals surface area contributed by atoms with Gasteiger partial charge in [-0.05, 0) is 43.6 Å². The molecule has 0 aromatic carbocycles. The van der Waals surface area contributed by atoms with Crippen molar-refractivity contribution >= 4 is 17.2 Å². The minimum Gasteiger partial charge on any atom is -0.355 e. The van der Waals surface area contributed by atoms with E-state index in [9.17, 15) is 4.79 Å². The fourth-order valence-electron chi connectivity index (χ4n) is 3.14. The van der Waals surface area contributed by atoms with Crippen LogP contribution in [0.3, 0.4) is 0 Å². The highest BCUT2D eigenvalue weighted by molar-refractivity contribution is 7.13. The molecule has 0 radical (unpaired) electrons. The number of hydrogen-bond donors (Lipinski definition) is 0. The van der Waals surface area contributed by atoms with Crippen molar-refractivity contribution < 1.29 is 9.32 Å². The van der Waals surface area contributed by atoms with Crippen LogP contribution in [0, 0.1) is 0 Å². The van der Waals surface area contributed by atoms with Gasteiger partial charge in [-0.2, -0.15) is 0 Å². The number of rotatable bonds is 3. The molecule has 3 heterocycles. The van der Waals surface area contributed by atoms with Gasteiger partial charge in [-0.25, -0.2) is 0 Å². The molecular weight excluding hydrogens is 284 g/mol. The number of thiophene rings is 1. The number of amides is 1. The topological polar surface area (TPSA) is 46.3 Å². The highest BCUT2D eigenvalue weighted by Gasteiger charge is 2.55. The zero-order chi connectivity index (χ0) is 14.3. The molecule has 1 saturated carbocycles. The molecule has 21 heavy (non-hydrogen) atoms. The predicted octanol–water partition coefficient (Wildman–Crippen LogP) is 3.45. The minimum atomic E-state index is -0.393. The molecule has 0 unspecified atom stereocenters. The molecule has 2 aromatic heterocycles. The summed E-state index contributed by atoms with van der Waals surface area (Å²) in [6, 6.07) is 5.97. The van der Waals surface area contributed by atoms with E-state index in [1.165, 1.54) is 6.42 Å². The normalized spacial score (nSPS) is 20.5. The summed E-state index contributed by atoms with van der Waals surface area (Å²) < 4.78 is 5.46. The van der Waals surface area contributed by atoms with Gasteiger partial charge in [-0.3, -0.25) is 4.79 Å². The van der Waals surface area contributed by atoms with E-state index < -0.39 is 5.41 Å². The van der Waals surface area contributed by atoms with Crippen LogP contribution in [0.25, 0.3) is 10.6 Å². The quantitative estimate of drug-likeness (QED) is 0.872. The molecule has 2 fully saturated rings. The van der Waals surface area contributed by atoms with Crippen LogP contribution in [-0.2, 0) is 10.2 Å². The average Bonchev–Trinajstić information content (AvgIpc) is 2.95. The molecule has 0 N–H and O–H groups in total. The third-order valence-corrected chi connectivity index (χ3v) is 5.45. The van der Waals surface area contributed by atoms with Crippen molar-refractivity contribution in [3.8, 4) is 10.6 Å². The number of aromatic nitrogens is 1. The van der Waals surface area contributed by atoms with Gasteiger partial charge in [0.05, 0.1) is 16.0 Å². The second-order valence-corrected chi connectivity index (χ2v) is 6.94. The van der Waals surface area contributed by atoms with Gasteiger partial charge in [0.25, 0.3) is 0 Å². The van der Waals surface area contributed by atoms with Crippen LogP contribution in [-0.4, -0.2) is 29.1 Å². The summed E-state index contributed by atoms with van der Waals surface area (Å²) >= 11 is 1.63. The highest BCUT2D eigenvalue weighted by atomic mass is 32.1. The van der Waals surface area contributed by atoms with Crippen molar-refractivity contribution in [3.63, 3.8) is 0 Å².